The van der Waals surface area contributed by atoms with E-state index in [1.54, 1.807) is 0 Å². The predicted molar refractivity (Wildman–Crippen MR) is 87.8 cm³/mol. The number of nitrogens with one attached hydrogen (secondary N) is 1. The number of aromatic nitrogens is 1. The summed E-state index contributed by atoms with van der Waals surface area (Å²) in [5, 5.41) is 3.09. The van der Waals surface area contributed by atoms with E-state index >= 15 is 0 Å². The summed E-state index contributed by atoms with van der Waals surface area (Å²) in [5.41, 5.74) is 1.27. The Morgan fingerprint density at radius 3 is 2.86 bits per heavy atom. The van der Waals surface area contributed by atoms with Crippen molar-refractivity contribution >= 4 is 11.7 Å². The Kier molecular flexibility index (Phi) is 4.93. The molecule has 5 heteroatoms. The molecule has 0 unspecified atom stereocenters. The van der Waals surface area contributed by atoms with Crippen LogP contribution in [0, 0.1) is 0 Å². The van der Waals surface area contributed by atoms with E-state index in [4.69, 9.17) is 0 Å². The van der Waals surface area contributed by atoms with Gasteiger partial charge in [-0.1, -0.05) is 0 Å². The van der Waals surface area contributed by atoms with Crippen molar-refractivity contribution in [2.45, 2.75) is 38.1 Å². The van der Waals surface area contributed by atoms with Crippen LogP contribution in [0.1, 0.15) is 43.7 Å². The molecule has 1 aromatic heterocycles. The van der Waals surface area contributed by atoms with E-state index in [2.05, 4.69) is 27.3 Å². The second kappa shape index (κ2) is 7.09. The number of anilines is 1. The van der Waals surface area contributed by atoms with Gasteiger partial charge in [0.2, 0.25) is 5.91 Å². The smallest absolute Gasteiger partial charge is 0.236 e. The van der Waals surface area contributed by atoms with E-state index in [0.29, 0.717) is 18.5 Å². The lowest BCUT2D eigenvalue weighted by Gasteiger charge is -2.31. The van der Waals surface area contributed by atoms with Crippen molar-refractivity contribution in [2.24, 2.45) is 0 Å². The fraction of sp³-hybridized carbons (Fsp3) is 0.647. The Morgan fingerprint density at radius 1 is 1.27 bits per heavy atom. The summed E-state index contributed by atoms with van der Waals surface area (Å²) in [7, 11) is 1.89. The fourth-order valence-corrected chi connectivity index (χ4v) is 3.60. The molecular weight excluding hydrogens is 276 g/mol. The number of likely N-dealkylation sites (tertiary alicyclic amines) is 2. The van der Waals surface area contributed by atoms with Crippen LogP contribution in [-0.4, -0.2) is 53.9 Å². The summed E-state index contributed by atoms with van der Waals surface area (Å²) in [6.07, 6.45) is 7.72. The number of carbonyl (C=O) groups excluding carboxylic acids is 1. The SMILES string of the molecule is CNc1cc([C@H]2CCCN2CC(=O)N2CCCCC2)ccn1. The van der Waals surface area contributed by atoms with Crippen LogP contribution in [0.5, 0.6) is 0 Å². The molecule has 0 bridgehead atoms. The van der Waals surface area contributed by atoms with Crippen molar-refractivity contribution < 1.29 is 4.79 Å². The molecule has 120 valence electrons. The zero-order chi connectivity index (χ0) is 15.4. The van der Waals surface area contributed by atoms with Crippen LogP contribution in [0.4, 0.5) is 5.82 Å². The monoisotopic (exact) mass is 302 g/mol. The fourth-order valence-electron chi connectivity index (χ4n) is 3.60. The summed E-state index contributed by atoms with van der Waals surface area (Å²) >= 11 is 0. The van der Waals surface area contributed by atoms with E-state index in [9.17, 15) is 4.79 Å². The number of carbonyl (C=O) groups is 1. The summed E-state index contributed by atoms with van der Waals surface area (Å²) in [6.45, 7) is 3.45. The second-order valence-corrected chi connectivity index (χ2v) is 6.29. The van der Waals surface area contributed by atoms with E-state index in [1.807, 2.05) is 18.1 Å². The molecule has 0 radical (unpaired) electrons. The molecule has 2 fully saturated rings. The number of nitrogens with zero attached hydrogens (tertiary/aromatic N) is 3. The predicted octanol–water partition coefficient (Wildman–Crippen LogP) is 2.27. The van der Waals surface area contributed by atoms with Gasteiger partial charge >= 0.3 is 0 Å². The summed E-state index contributed by atoms with van der Waals surface area (Å²) in [4.78, 5) is 21.2. The first kappa shape index (κ1) is 15.3. The molecule has 1 atom stereocenters. The Morgan fingerprint density at radius 2 is 2.09 bits per heavy atom. The van der Waals surface area contributed by atoms with Crippen molar-refractivity contribution in [3.63, 3.8) is 0 Å². The van der Waals surface area contributed by atoms with Crippen LogP contribution in [0.2, 0.25) is 0 Å². The Bertz CT molecular complexity index is 513. The van der Waals surface area contributed by atoms with Gasteiger partial charge in [0.15, 0.2) is 0 Å². The Labute approximate surface area is 132 Å². The molecule has 1 amide bonds. The first-order valence-electron chi connectivity index (χ1n) is 8.43. The Balaban J connectivity index is 1.66. The zero-order valence-electron chi connectivity index (χ0n) is 13.4. The highest BCUT2D eigenvalue weighted by atomic mass is 16.2. The molecule has 3 rings (SSSR count). The van der Waals surface area contributed by atoms with Gasteiger partial charge in [-0.15, -0.1) is 0 Å². The third-order valence-electron chi connectivity index (χ3n) is 4.84. The normalized spacial score (nSPS) is 22.8. The lowest BCUT2D eigenvalue weighted by Crippen LogP contribution is -2.42. The van der Waals surface area contributed by atoms with Gasteiger partial charge in [0, 0.05) is 32.4 Å². The standard InChI is InChI=1S/C17H26N4O/c1-18-16-12-14(7-8-19-16)15-6-5-11-21(15)13-17(22)20-9-3-2-4-10-20/h7-8,12,15H,2-6,9-11,13H2,1H3,(H,18,19)/t15-/m1/s1. The van der Waals surface area contributed by atoms with Crippen LogP contribution in [-0.2, 0) is 4.79 Å². The molecule has 3 heterocycles. The number of hydrogen-bond donors (Lipinski definition) is 1. The molecule has 1 N–H and O–H groups in total. The lowest BCUT2D eigenvalue weighted by molar-refractivity contribution is -0.133. The molecule has 2 aliphatic heterocycles. The summed E-state index contributed by atoms with van der Waals surface area (Å²) < 4.78 is 0. The van der Waals surface area contributed by atoms with Crippen molar-refractivity contribution in [1.82, 2.24) is 14.8 Å². The van der Waals surface area contributed by atoms with Gasteiger partial charge in [0.25, 0.3) is 0 Å². The minimum atomic E-state index is 0.300. The molecule has 5 nitrogen and oxygen atoms in total. The average Bonchev–Trinajstić information content (AvgIpc) is 3.04. The number of rotatable bonds is 4. The molecule has 0 saturated carbocycles. The summed E-state index contributed by atoms with van der Waals surface area (Å²) in [6, 6.07) is 4.53. The molecule has 0 aliphatic carbocycles. The number of pyridine rings is 1. The van der Waals surface area contributed by atoms with Crippen LogP contribution in [0.25, 0.3) is 0 Å². The minimum Gasteiger partial charge on any atom is -0.373 e. The third-order valence-corrected chi connectivity index (χ3v) is 4.84. The maximum atomic E-state index is 12.5. The molecular formula is C17H26N4O. The van der Waals surface area contributed by atoms with E-state index in [1.165, 1.54) is 12.0 Å². The molecule has 0 aromatic carbocycles. The first-order chi connectivity index (χ1) is 10.8. The highest BCUT2D eigenvalue weighted by Crippen LogP contribution is 2.32. The van der Waals surface area contributed by atoms with Gasteiger partial charge in [0.05, 0.1) is 6.54 Å². The highest BCUT2D eigenvalue weighted by Gasteiger charge is 2.29. The van der Waals surface area contributed by atoms with Gasteiger partial charge < -0.3 is 10.2 Å². The van der Waals surface area contributed by atoms with E-state index in [-0.39, 0.29) is 0 Å². The van der Waals surface area contributed by atoms with Crippen molar-refractivity contribution in [3.05, 3.63) is 23.9 Å². The number of piperidine rings is 1. The van der Waals surface area contributed by atoms with Gasteiger partial charge in [-0.05, 0) is 56.3 Å². The van der Waals surface area contributed by atoms with Gasteiger partial charge in [-0.2, -0.15) is 0 Å². The number of hydrogen-bond acceptors (Lipinski definition) is 4. The Hall–Kier alpha value is -1.62. The number of amides is 1. The second-order valence-electron chi connectivity index (χ2n) is 6.29. The van der Waals surface area contributed by atoms with Crippen molar-refractivity contribution in [2.75, 3.05) is 38.5 Å². The van der Waals surface area contributed by atoms with E-state index < -0.39 is 0 Å². The van der Waals surface area contributed by atoms with Crippen LogP contribution in [0.15, 0.2) is 18.3 Å². The van der Waals surface area contributed by atoms with Gasteiger partial charge in [0.1, 0.15) is 5.82 Å². The molecule has 1 aromatic rings. The summed E-state index contributed by atoms with van der Waals surface area (Å²) in [5.74, 6) is 1.20. The molecule has 22 heavy (non-hydrogen) atoms. The maximum absolute atomic E-state index is 12.5. The van der Waals surface area contributed by atoms with Crippen molar-refractivity contribution in [3.8, 4) is 0 Å². The molecule has 0 spiro atoms. The quantitative estimate of drug-likeness (QED) is 0.927. The maximum Gasteiger partial charge on any atom is 0.236 e. The van der Waals surface area contributed by atoms with Crippen molar-refractivity contribution in [1.29, 1.82) is 0 Å². The first-order valence-corrected chi connectivity index (χ1v) is 8.43. The zero-order valence-corrected chi connectivity index (χ0v) is 13.4. The molecule has 2 saturated heterocycles. The highest BCUT2D eigenvalue weighted by molar-refractivity contribution is 5.78. The van der Waals surface area contributed by atoms with Crippen LogP contribution >= 0.6 is 0 Å². The van der Waals surface area contributed by atoms with E-state index in [0.717, 1.165) is 51.1 Å². The van der Waals surface area contributed by atoms with Gasteiger partial charge in [-0.25, -0.2) is 4.98 Å². The van der Waals surface area contributed by atoms with Gasteiger partial charge in [-0.3, -0.25) is 9.69 Å². The largest absolute Gasteiger partial charge is 0.373 e. The topological polar surface area (TPSA) is 48.5 Å². The average molecular weight is 302 g/mol. The minimum absolute atomic E-state index is 0.300. The molecule has 2 aliphatic rings. The lowest BCUT2D eigenvalue weighted by atomic mass is 10.1. The third kappa shape index (κ3) is 3.40. The van der Waals surface area contributed by atoms with Crippen LogP contribution in [0.3, 0.4) is 0 Å². The van der Waals surface area contributed by atoms with Crippen LogP contribution < -0.4 is 5.32 Å².